The van der Waals surface area contributed by atoms with Crippen LogP contribution in [0.5, 0.6) is 0 Å². The standard InChI is InChI=1S/C17H22N4OS/c1-13(16-4-2-3-5-19-16)21-8-6-20(7-9-21)11-15-10-14(12-23-15)17(18)22/h2-5,10,12-13H,6-9,11H2,1H3,(H2,18,22)/t13-/m1/s1. The van der Waals surface area contributed by atoms with Crippen molar-refractivity contribution < 1.29 is 4.79 Å². The fraction of sp³-hybridized carbons (Fsp3) is 0.412. The number of nitrogens with zero attached hydrogens (tertiary/aromatic N) is 3. The molecular formula is C17H22N4OS. The van der Waals surface area contributed by atoms with Crippen molar-refractivity contribution in [3.05, 3.63) is 52.0 Å². The molecule has 1 aliphatic rings. The van der Waals surface area contributed by atoms with Crippen LogP contribution in [0.1, 0.15) is 33.9 Å². The lowest BCUT2D eigenvalue weighted by atomic mass is 10.1. The number of carbonyl (C=O) groups is 1. The van der Waals surface area contributed by atoms with Crippen molar-refractivity contribution in [2.75, 3.05) is 26.2 Å². The van der Waals surface area contributed by atoms with Gasteiger partial charge in [-0.15, -0.1) is 11.3 Å². The summed E-state index contributed by atoms with van der Waals surface area (Å²) in [4.78, 5) is 21.7. The van der Waals surface area contributed by atoms with Gasteiger partial charge in [-0.1, -0.05) is 6.07 Å². The molecule has 0 unspecified atom stereocenters. The Kier molecular flexibility index (Phi) is 5.05. The molecule has 3 rings (SSSR count). The Labute approximate surface area is 140 Å². The van der Waals surface area contributed by atoms with Crippen LogP contribution < -0.4 is 5.73 Å². The zero-order chi connectivity index (χ0) is 16.2. The van der Waals surface area contributed by atoms with E-state index in [2.05, 4.69) is 27.8 Å². The number of pyridine rings is 1. The second kappa shape index (κ2) is 7.21. The van der Waals surface area contributed by atoms with E-state index in [1.54, 1.807) is 11.3 Å². The molecule has 0 aromatic carbocycles. The van der Waals surface area contributed by atoms with Crippen LogP contribution in [0, 0.1) is 0 Å². The van der Waals surface area contributed by atoms with E-state index in [0.29, 0.717) is 11.6 Å². The predicted octanol–water partition coefficient (Wildman–Crippen LogP) is 2.12. The van der Waals surface area contributed by atoms with E-state index in [1.165, 1.54) is 4.88 Å². The second-order valence-corrected chi connectivity index (χ2v) is 6.90. The number of hydrogen-bond acceptors (Lipinski definition) is 5. The molecule has 0 saturated carbocycles. The van der Waals surface area contributed by atoms with Crippen molar-refractivity contribution in [2.24, 2.45) is 5.73 Å². The Hall–Kier alpha value is -1.76. The molecule has 1 saturated heterocycles. The fourth-order valence-corrected chi connectivity index (χ4v) is 3.85. The summed E-state index contributed by atoms with van der Waals surface area (Å²) < 4.78 is 0. The number of aromatic nitrogens is 1. The summed E-state index contributed by atoms with van der Waals surface area (Å²) in [6, 6.07) is 8.35. The molecule has 2 N–H and O–H groups in total. The highest BCUT2D eigenvalue weighted by molar-refractivity contribution is 7.10. The number of carbonyl (C=O) groups excluding carboxylic acids is 1. The summed E-state index contributed by atoms with van der Waals surface area (Å²) >= 11 is 1.61. The first kappa shape index (κ1) is 16.1. The molecule has 6 heteroatoms. The fourth-order valence-electron chi connectivity index (χ4n) is 2.93. The van der Waals surface area contributed by atoms with Gasteiger partial charge in [0.15, 0.2) is 0 Å². The predicted molar refractivity (Wildman–Crippen MR) is 92.3 cm³/mol. The maximum atomic E-state index is 11.2. The normalized spacial score (nSPS) is 18.0. The SMILES string of the molecule is C[C@H](c1ccccn1)N1CCN(Cc2cc(C(N)=O)cs2)CC1. The van der Waals surface area contributed by atoms with E-state index >= 15 is 0 Å². The zero-order valence-corrected chi connectivity index (χ0v) is 14.1. The van der Waals surface area contributed by atoms with Crippen LogP contribution in [-0.4, -0.2) is 46.9 Å². The minimum atomic E-state index is -0.346. The summed E-state index contributed by atoms with van der Waals surface area (Å²) in [6.45, 7) is 7.24. The molecule has 1 fully saturated rings. The molecule has 5 nitrogen and oxygen atoms in total. The van der Waals surface area contributed by atoms with Crippen LogP contribution in [0.2, 0.25) is 0 Å². The molecule has 2 aromatic rings. The molecule has 2 aromatic heterocycles. The van der Waals surface area contributed by atoms with Gasteiger partial charge in [0.25, 0.3) is 0 Å². The summed E-state index contributed by atoms with van der Waals surface area (Å²) in [5.74, 6) is -0.346. The Bertz CT molecular complexity index is 650. The van der Waals surface area contributed by atoms with Crippen LogP contribution >= 0.6 is 11.3 Å². The van der Waals surface area contributed by atoms with Gasteiger partial charge in [-0.2, -0.15) is 0 Å². The first-order chi connectivity index (χ1) is 11.1. The molecule has 23 heavy (non-hydrogen) atoms. The van der Waals surface area contributed by atoms with Crippen molar-refractivity contribution in [3.63, 3.8) is 0 Å². The van der Waals surface area contributed by atoms with Crippen LogP contribution in [0.15, 0.2) is 35.8 Å². The first-order valence-corrected chi connectivity index (χ1v) is 8.76. The number of piperazine rings is 1. The van der Waals surface area contributed by atoms with Crippen LogP contribution in [-0.2, 0) is 6.54 Å². The van der Waals surface area contributed by atoms with E-state index in [-0.39, 0.29) is 5.91 Å². The lowest BCUT2D eigenvalue weighted by molar-refractivity contribution is 0.0968. The van der Waals surface area contributed by atoms with Gasteiger partial charge in [-0.3, -0.25) is 19.6 Å². The van der Waals surface area contributed by atoms with Crippen LogP contribution in [0.3, 0.4) is 0 Å². The van der Waals surface area contributed by atoms with Crippen LogP contribution in [0.4, 0.5) is 0 Å². The van der Waals surface area contributed by atoms with E-state index in [1.807, 2.05) is 29.8 Å². The van der Waals surface area contributed by atoms with Crippen molar-refractivity contribution >= 4 is 17.2 Å². The highest BCUT2D eigenvalue weighted by Gasteiger charge is 2.23. The zero-order valence-electron chi connectivity index (χ0n) is 13.3. The van der Waals surface area contributed by atoms with E-state index < -0.39 is 0 Å². The Morgan fingerprint density at radius 2 is 2.13 bits per heavy atom. The van der Waals surface area contributed by atoms with Crippen LogP contribution in [0.25, 0.3) is 0 Å². The minimum Gasteiger partial charge on any atom is -0.366 e. The summed E-state index contributed by atoms with van der Waals surface area (Å²) in [7, 11) is 0. The van der Waals surface area contributed by atoms with Gasteiger partial charge in [-0.25, -0.2) is 0 Å². The molecular weight excluding hydrogens is 308 g/mol. The quantitative estimate of drug-likeness (QED) is 0.912. The number of amides is 1. The lowest BCUT2D eigenvalue weighted by Gasteiger charge is -2.37. The molecule has 0 bridgehead atoms. The second-order valence-electron chi connectivity index (χ2n) is 5.91. The molecule has 1 amide bonds. The Balaban J connectivity index is 1.53. The Morgan fingerprint density at radius 1 is 1.35 bits per heavy atom. The third-order valence-electron chi connectivity index (χ3n) is 4.39. The molecule has 0 spiro atoms. The molecule has 122 valence electrons. The van der Waals surface area contributed by atoms with Gasteiger partial charge in [-0.05, 0) is 25.1 Å². The van der Waals surface area contributed by atoms with Gasteiger partial charge >= 0.3 is 0 Å². The largest absolute Gasteiger partial charge is 0.366 e. The minimum absolute atomic E-state index is 0.346. The monoisotopic (exact) mass is 330 g/mol. The number of nitrogens with two attached hydrogens (primary N) is 1. The van der Waals surface area contributed by atoms with Crippen molar-refractivity contribution in [1.29, 1.82) is 0 Å². The highest BCUT2D eigenvalue weighted by Crippen LogP contribution is 2.21. The molecule has 3 heterocycles. The average Bonchev–Trinajstić information content (AvgIpc) is 3.04. The van der Waals surface area contributed by atoms with Gasteiger partial charge in [0, 0.05) is 55.2 Å². The summed E-state index contributed by atoms with van der Waals surface area (Å²) in [5.41, 5.74) is 7.06. The summed E-state index contributed by atoms with van der Waals surface area (Å²) in [6.07, 6.45) is 1.86. The van der Waals surface area contributed by atoms with Crippen molar-refractivity contribution in [2.45, 2.75) is 19.5 Å². The third-order valence-corrected chi connectivity index (χ3v) is 5.31. The number of thiophene rings is 1. The van der Waals surface area contributed by atoms with Crippen molar-refractivity contribution in [1.82, 2.24) is 14.8 Å². The van der Waals surface area contributed by atoms with Gasteiger partial charge in [0.2, 0.25) is 5.91 Å². The van der Waals surface area contributed by atoms with Crippen molar-refractivity contribution in [3.8, 4) is 0 Å². The average molecular weight is 330 g/mol. The summed E-state index contributed by atoms with van der Waals surface area (Å²) in [5, 5.41) is 1.84. The maximum Gasteiger partial charge on any atom is 0.249 e. The topological polar surface area (TPSA) is 62.5 Å². The third kappa shape index (κ3) is 3.96. The number of primary amides is 1. The highest BCUT2D eigenvalue weighted by atomic mass is 32.1. The first-order valence-electron chi connectivity index (χ1n) is 7.88. The molecule has 0 aliphatic carbocycles. The van der Waals surface area contributed by atoms with Gasteiger partial charge < -0.3 is 5.73 Å². The maximum absolute atomic E-state index is 11.2. The van der Waals surface area contributed by atoms with E-state index in [9.17, 15) is 4.79 Å². The van der Waals surface area contributed by atoms with E-state index in [0.717, 1.165) is 38.4 Å². The van der Waals surface area contributed by atoms with Gasteiger partial charge in [0.05, 0.1) is 11.3 Å². The molecule has 0 radical (unpaired) electrons. The van der Waals surface area contributed by atoms with E-state index in [4.69, 9.17) is 5.73 Å². The lowest BCUT2D eigenvalue weighted by Crippen LogP contribution is -2.46. The van der Waals surface area contributed by atoms with Gasteiger partial charge in [0.1, 0.15) is 0 Å². The molecule has 1 atom stereocenters. The Morgan fingerprint density at radius 3 is 2.74 bits per heavy atom. The smallest absolute Gasteiger partial charge is 0.249 e. The molecule has 1 aliphatic heterocycles. The number of rotatable bonds is 5. The number of hydrogen-bond donors (Lipinski definition) is 1.